The molecule has 2 aliphatic rings. The molecule has 0 radical (unpaired) electrons. The lowest BCUT2D eigenvalue weighted by atomic mass is 10.1. The summed E-state index contributed by atoms with van der Waals surface area (Å²) < 4.78 is 0. The van der Waals surface area contributed by atoms with Crippen LogP contribution in [0.2, 0.25) is 0 Å². The van der Waals surface area contributed by atoms with Crippen molar-refractivity contribution in [2.24, 2.45) is 0 Å². The Hall–Kier alpha value is -3.18. The van der Waals surface area contributed by atoms with E-state index in [0.29, 0.717) is 17.0 Å². The summed E-state index contributed by atoms with van der Waals surface area (Å²) in [6.45, 7) is 1.53. The molecule has 1 aliphatic heterocycles. The number of anilines is 1. The highest BCUT2D eigenvalue weighted by molar-refractivity contribution is 7.16. The first kappa shape index (κ1) is 21.1. The molecule has 2 aromatic rings. The second-order valence-electron chi connectivity index (χ2n) is 7.95. The van der Waals surface area contributed by atoms with Crippen LogP contribution >= 0.6 is 11.3 Å². The number of hydrogen-bond donors (Lipinski definition) is 2. The number of fused-ring (bicyclic) bond motifs is 1. The Morgan fingerprint density at radius 3 is 2.74 bits per heavy atom. The molecule has 0 bridgehead atoms. The van der Waals surface area contributed by atoms with E-state index >= 15 is 0 Å². The van der Waals surface area contributed by atoms with E-state index in [1.165, 1.54) is 18.3 Å². The molecule has 1 aromatic carbocycles. The molecule has 1 aromatic heterocycles. The summed E-state index contributed by atoms with van der Waals surface area (Å²) in [5, 5.41) is 15.7. The predicted octanol–water partition coefficient (Wildman–Crippen LogP) is 3.38. The van der Waals surface area contributed by atoms with Gasteiger partial charge in [0, 0.05) is 11.3 Å². The van der Waals surface area contributed by atoms with Crippen molar-refractivity contribution in [1.29, 1.82) is 5.26 Å². The van der Waals surface area contributed by atoms with Crippen LogP contribution < -0.4 is 10.6 Å². The number of rotatable bonds is 5. The van der Waals surface area contributed by atoms with Crippen LogP contribution in [0.5, 0.6) is 0 Å². The molecule has 4 rings (SSSR count). The van der Waals surface area contributed by atoms with Crippen molar-refractivity contribution in [1.82, 2.24) is 10.2 Å². The highest BCUT2D eigenvalue weighted by Crippen LogP contribution is 2.37. The van der Waals surface area contributed by atoms with Crippen LogP contribution in [0.3, 0.4) is 0 Å². The first-order valence-electron chi connectivity index (χ1n) is 10.5. The number of aryl methyl sites for hydroxylation is 1. The van der Waals surface area contributed by atoms with E-state index < -0.39 is 29.9 Å². The van der Waals surface area contributed by atoms with Gasteiger partial charge >= 0.3 is 6.03 Å². The lowest BCUT2D eigenvalue weighted by molar-refractivity contribution is -0.133. The van der Waals surface area contributed by atoms with Gasteiger partial charge in [-0.05, 0) is 43.7 Å². The average Bonchev–Trinajstić information content (AvgIpc) is 3.11. The maximum absolute atomic E-state index is 12.9. The maximum Gasteiger partial charge on any atom is 0.325 e. The Morgan fingerprint density at radius 2 is 2.00 bits per heavy atom. The molecule has 0 spiro atoms. The van der Waals surface area contributed by atoms with Gasteiger partial charge in [-0.3, -0.25) is 14.5 Å². The van der Waals surface area contributed by atoms with Gasteiger partial charge in [0.25, 0.3) is 5.91 Å². The zero-order valence-electron chi connectivity index (χ0n) is 17.3. The molecule has 0 saturated carbocycles. The van der Waals surface area contributed by atoms with Gasteiger partial charge in [-0.25, -0.2) is 4.79 Å². The second-order valence-corrected chi connectivity index (χ2v) is 9.05. The van der Waals surface area contributed by atoms with Crippen molar-refractivity contribution >= 4 is 34.2 Å². The predicted molar refractivity (Wildman–Crippen MR) is 118 cm³/mol. The van der Waals surface area contributed by atoms with E-state index in [1.54, 1.807) is 0 Å². The van der Waals surface area contributed by atoms with Crippen LogP contribution in [-0.4, -0.2) is 34.8 Å². The van der Waals surface area contributed by atoms with E-state index in [1.807, 2.05) is 30.3 Å². The molecular formula is C23H24N4O3S. The third kappa shape index (κ3) is 4.19. The third-order valence-electron chi connectivity index (χ3n) is 5.87. The summed E-state index contributed by atoms with van der Waals surface area (Å²) in [5.41, 5.74) is 2.48. The summed E-state index contributed by atoms with van der Waals surface area (Å²) in [6, 6.07) is 9.40. The minimum atomic E-state index is -0.985. The number of carbonyl (C=O) groups is 3. The van der Waals surface area contributed by atoms with E-state index in [9.17, 15) is 19.6 Å². The number of imide groups is 1. The summed E-state index contributed by atoms with van der Waals surface area (Å²) in [5.74, 6) is -0.893. The van der Waals surface area contributed by atoms with Gasteiger partial charge in [-0.1, -0.05) is 36.8 Å². The number of carbonyl (C=O) groups excluding carboxylic acids is 3. The molecule has 2 heterocycles. The molecule has 8 heteroatoms. The number of nitrogens with zero attached hydrogens (tertiary/aromatic N) is 2. The SMILES string of the molecule is C[C@H](C(=O)Nc1sc2c(c1C#N)CCCCC2)N1C(=O)N[C@@H](Cc2ccccc2)C1=O. The van der Waals surface area contributed by atoms with Crippen LogP contribution in [0.4, 0.5) is 9.80 Å². The van der Waals surface area contributed by atoms with E-state index in [0.717, 1.165) is 53.0 Å². The number of benzene rings is 1. The lowest BCUT2D eigenvalue weighted by Gasteiger charge is -2.20. The van der Waals surface area contributed by atoms with Gasteiger partial charge < -0.3 is 10.6 Å². The van der Waals surface area contributed by atoms with Gasteiger partial charge in [0.2, 0.25) is 5.91 Å². The van der Waals surface area contributed by atoms with Gasteiger partial charge in [-0.2, -0.15) is 5.26 Å². The largest absolute Gasteiger partial charge is 0.325 e. The molecule has 1 aliphatic carbocycles. The van der Waals surface area contributed by atoms with Crippen molar-refractivity contribution in [3.05, 3.63) is 51.9 Å². The average molecular weight is 437 g/mol. The molecular weight excluding hydrogens is 412 g/mol. The van der Waals surface area contributed by atoms with E-state index in [4.69, 9.17) is 0 Å². The molecule has 4 amide bonds. The number of urea groups is 1. The summed E-state index contributed by atoms with van der Waals surface area (Å²) in [4.78, 5) is 40.4. The van der Waals surface area contributed by atoms with Crippen molar-refractivity contribution in [3.63, 3.8) is 0 Å². The number of nitrogens with one attached hydrogen (secondary N) is 2. The topological polar surface area (TPSA) is 102 Å². The number of thiophene rings is 1. The zero-order valence-corrected chi connectivity index (χ0v) is 18.1. The fourth-order valence-electron chi connectivity index (χ4n) is 4.19. The Labute approximate surface area is 185 Å². The zero-order chi connectivity index (χ0) is 22.0. The first-order valence-corrected chi connectivity index (χ1v) is 11.3. The van der Waals surface area contributed by atoms with E-state index in [2.05, 4.69) is 16.7 Å². The van der Waals surface area contributed by atoms with Crippen LogP contribution in [0, 0.1) is 11.3 Å². The minimum absolute atomic E-state index is 0.368. The fourth-order valence-corrected chi connectivity index (χ4v) is 5.43. The van der Waals surface area contributed by atoms with E-state index in [-0.39, 0.29) is 0 Å². The molecule has 0 unspecified atom stereocenters. The van der Waals surface area contributed by atoms with Crippen LogP contribution in [0.1, 0.15) is 47.8 Å². The van der Waals surface area contributed by atoms with Gasteiger partial charge in [0.05, 0.1) is 5.56 Å². The highest BCUT2D eigenvalue weighted by Gasteiger charge is 2.43. The third-order valence-corrected chi connectivity index (χ3v) is 7.08. The first-order chi connectivity index (χ1) is 15.0. The van der Waals surface area contributed by atoms with Crippen molar-refractivity contribution in [2.75, 3.05) is 5.32 Å². The lowest BCUT2D eigenvalue weighted by Crippen LogP contribution is -2.46. The Balaban J connectivity index is 1.48. The molecule has 7 nitrogen and oxygen atoms in total. The van der Waals surface area contributed by atoms with Gasteiger partial charge in [-0.15, -0.1) is 11.3 Å². The van der Waals surface area contributed by atoms with Crippen molar-refractivity contribution < 1.29 is 14.4 Å². The van der Waals surface area contributed by atoms with Gasteiger partial charge in [0.15, 0.2) is 0 Å². The van der Waals surface area contributed by atoms with Crippen molar-refractivity contribution in [3.8, 4) is 6.07 Å². The molecule has 2 atom stereocenters. The Morgan fingerprint density at radius 1 is 1.26 bits per heavy atom. The summed E-state index contributed by atoms with van der Waals surface area (Å²) >= 11 is 1.43. The summed E-state index contributed by atoms with van der Waals surface area (Å²) in [7, 11) is 0. The quantitative estimate of drug-likeness (QED) is 0.554. The van der Waals surface area contributed by atoms with Crippen LogP contribution in [-0.2, 0) is 28.9 Å². The minimum Gasteiger partial charge on any atom is -0.325 e. The Bertz CT molecular complexity index is 1060. The molecule has 31 heavy (non-hydrogen) atoms. The smallest absolute Gasteiger partial charge is 0.325 e. The fraction of sp³-hybridized carbons (Fsp3) is 0.391. The molecule has 1 saturated heterocycles. The number of amides is 4. The standard InChI is InChI=1S/C23H24N4O3S/c1-14(27-22(29)18(25-23(27)30)12-15-8-4-2-5-9-15)20(28)26-21-17(13-24)16-10-6-3-7-11-19(16)31-21/h2,4-5,8-9,14,18H,3,6-7,10-12H2,1H3,(H,25,30)(H,26,28)/t14-,18+/m1/s1. The highest BCUT2D eigenvalue weighted by atomic mass is 32.1. The molecule has 160 valence electrons. The van der Waals surface area contributed by atoms with Crippen molar-refractivity contribution in [2.45, 2.75) is 57.5 Å². The molecule has 1 fully saturated rings. The van der Waals surface area contributed by atoms with Crippen LogP contribution in [0.25, 0.3) is 0 Å². The maximum atomic E-state index is 12.9. The Kier molecular flexibility index (Phi) is 6.05. The monoisotopic (exact) mass is 436 g/mol. The summed E-state index contributed by atoms with van der Waals surface area (Å²) in [6.07, 6.45) is 5.37. The number of nitriles is 1. The van der Waals surface area contributed by atoms with Gasteiger partial charge in [0.1, 0.15) is 23.2 Å². The number of hydrogen-bond acceptors (Lipinski definition) is 5. The normalized spacial score (nSPS) is 19.2. The van der Waals surface area contributed by atoms with Crippen LogP contribution in [0.15, 0.2) is 30.3 Å². The molecule has 2 N–H and O–H groups in total. The second kappa shape index (κ2) is 8.90.